The summed E-state index contributed by atoms with van der Waals surface area (Å²) in [7, 11) is -3.97. The Balaban J connectivity index is 1.49. The van der Waals surface area contributed by atoms with E-state index in [2.05, 4.69) is 9.46 Å². The minimum Gasteiger partial charge on any atom is -0.439 e. The summed E-state index contributed by atoms with van der Waals surface area (Å²) in [5, 5.41) is -0.0387. The van der Waals surface area contributed by atoms with Gasteiger partial charge in [0.05, 0.1) is 16.1 Å². The first kappa shape index (κ1) is 19.9. The second kappa shape index (κ2) is 7.63. The van der Waals surface area contributed by atoms with Crippen LogP contribution in [0.25, 0.3) is 0 Å². The van der Waals surface area contributed by atoms with E-state index in [1.54, 1.807) is 0 Å². The fraction of sp³-hybridized carbons (Fsp3) is 0.400. The molecule has 0 atom stereocenters. The van der Waals surface area contributed by atoms with E-state index in [0.717, 1.165) is 4.90 Å². The molecular weight excluding hydrogens is 421 g/mol. The van der Waals surface area contributed by atoms with Gasteiger partial charge in [0, 0.05) is 26.1 Å². The van der Waals surface area contributed by atoms with Crippen molar-refractivity contribution in [3.05, 3.63) is 28.2 Å². The highest BCUT2D eigenvalue weighted by Gasteiger charge is 2.44. The Morgan fingerprint density at radius 2 is 1.85 bits per heavy atom. The van der Waals surface area contributed by atoms with Crippen LogP contribution in [0.4, 0.5) is 4.79 Å². The molecule has 1 aromatic rings. The number of carbonyl (C=O) groups is 3. The molecule has 1 aromatic carbocycles. The molecule has 2 fully saturated rings. The van der Waals surface area contributed by atoms with Crippen LogP contribution in [0.5, 0.6) is 0 Å². The molecule has 0 unspecified atom stereocenters. The maximum Gasteiger partial charge on any atom is 0.417 e. The van der Waals surface area contributed by atoms with Crippen LogP contribution < -0.4 is 4.72 Å². The van der Waals surface area contributed by atoms with Crippen molar-refractivity contribution in [2.24, 2.45) is 0 Å². The number of ether oxygens (including phenoxy) is 1. The summed E-state index contributed by atoms with van der Waals surface area (Å²) in [4.78, 5) is 37.3. The van der Waals surface area contributed by atoms with Crippen LogP contribution in [0.1, 0.15) is 6.42 Å². The molecule has 2 heterocycles. The normalized spacial score (nSPS) is 17.9. The number of hydrogen-bond acceptors (Lipinski definition) is 6. The molecule has 0 saturated carbocycles. The van der Waals surface area contributed by atoms with Crippen LogP contribution in [0.2, 0.25) is 10.0 Å². The van der Waals surface area contributed by atoms with Crippen LogP contribution in [0.15, 0.2) is 23.1 Å². The van der Waals surface area contributed by atoms with Gasteiger partial charge in [0.15, 0.2) is 6.61 Å². The number of halogens is 2. The number of cyclic esters (lactones) is 1. The molecule has 146 valence electrons. The van der Waals surface area contributed by atoms with Gasteiger partial charge < -0.3 is 9.64 Å². The van der Waals surface area contributed by atoms with Crippen molar-refractivity contribution >= 4 is 51.1 Å². The van der Waals surface area contributed by atoms with Gasteiger partial charge in [-0.25, -0.2) is 22.8 Å². The lowest BCUT2D eigenvalue weighted by atomic mass is 10.1. The van der Waals surface area contributed by atoms with E-state index in [1.165, 1.54) is 23.1 Å². The van der Waals surface area contributed by atoms with Crippen molar-refractivity contribution in [1.82, 2.24) is 14.5 Å². The zero-order valence-electron chi connectivity index (χ0n) is 13.9. The monoisotopic (exact) mass is 435 g/mol. The van der Waals surface area contributed by atoms with E-state index >= 15 is 0 Å². The van der Waals surface area contributed by atoms with Gasteiger partial charge in [-0.1, -0.05) is 29.3 Å². The van der Waals surface area contributed by atoms with E-state index in [0.29, 0.717) is 0 Å². The summed E-state index contributed by atoms with van der Waals surface area (Å²) in [6, 6.07) is 3.92. The first-order chi connectivity index (χ1) is 12.7. The van der Waals surface area contributed by atoms with Gasteiger partial charge >= 0.3 is 6.09 Å². The smallest absolute Gasteiger partial charge is 0.417 e. The third-order valence-electron chi connectivity index (χ3n) is 4.18. The van der Waals surface area contributed by atoms with Crippen molar-refractivity contribution in [2.45, 2.75) is 17.4 Å². The summed E-state index contributed by atoms with van der Waals surface area (Å²) >= 11 is 11.8. The maximum atomic E-state index is 12.3. The highest BCUT2D eigenvalue weighted by atomic mass is 35.5. The molecule has 1 N–H and O–H groups in total. The molecule has 0 radical (unpaired) electrons. The third-order valence-corrected chi connectivity index (χ3v) is 6.60. The topological polar surface area (TPSA) is 113 Å². The van der Waals surface area contributed by atoms with E-state index in [4.69, 9.17) is 23.2 Å². The fourth-order valence-corrected chi connectivity index (χ4v) is 4.97. The van der Waals surface area contributed by atoms with Crippen LogP contribution in [0, 0.1) is 0 Å². The standard InChI is InChI=1S/C15H15Cl2N3O6S/c16-10-2-1-3-11(17)14(10)27(24,25)18-5-4-12(21)19-6-9(7-19)20-13(22)8-26-15(20)23/h1-3,9,18H,4-8H2. The number of likely N-dealkylation sites (tertiary alicyclic amines) is 1. The number of hydrogen-bond donors (Lipinski definition) is 1. The van der Waals surface area contributed by atoms with Crippen molar-refractivity contribution in [3.63, 3.8) is 0 Å². The number of nitrogens with one attached hydrogen (secondary N) is 1. The van der Waals surface area contributed by atoms with Gasteiger partial charge in [-0.3, -0.25) is 9.59 Å². The Morgan fingerprint density at radius 1 is 1.22 bits per heavy atom. The Labute approximate surface area is 165 Å². The van der Waals surface area contributed by atoms with Crippen LogP contribution >= 0.6 is 23.2 Å². The Hall–Kier alpha value is -1.88. The molecular formula is C15H15Cl2N3O6S. The molecule has 3 amide bonds. The molecule has 0 aliphatic carbocycles. The summed E-state index contributed by atoms with van der Waals surface area (Å²) in [6.45, 7) is -0.0320. The number of amides is 3. The number of nitrogens with zero attached hydrogens (tertiary/aromatic N) is 2. The average Bonchev–Trinajstić information content (AvgIpc) is 2.85. The minimum atomic E-state index is -3.97. The van der Waals surface area contributed by atoms with Crippen LogP contribution in [-0.2, 0) is 24.3 Å². The molecule has 2 aliphatic heterocycles. The molecule has 27 heavy (non-hydrogen) atoms. The van der Waals surface area contributed by atoms with Crippen LogP contribution in [-0.4, -0.2) is 68.4 Å². The molecule has 3 rings (SSSR count). The molecule has 9 nitrogen and oxygen atoms in total. The largest absolute Gasteiger partial charge is 0.439 e. The van der Waals surface area contributed by atoms with Crippen molar-refractivity contribution in [1.29, 1.82) is 0 Å². The van der Waals surface area contributed by atoms with E-state index < -0.39 is 28.1 Å². The zero-order chi connectivity index (χ0) is 19.8. The summed E-state index contributed by atoms with van der Waals surface area (Å²) in [6.07, 6.45) is -0.798. The number of benzene rings is 1. The van der Waals surface area contributed by atoms with Crippen molar-refractivity contribution < 1.29 is 27.5 Å². The summed E-state index contributed by atoms with van der Waals surface area (Å²) in [5.74, 6) is -0.735. The SMILES string of the molecule is O=C(CCNS(=O)(=O)c1c(Cl)cccc1Cl)N1CC(N2C(=O)COC2=O)C1. The van der Waals surface area contributed by atoms with Crippen molar-refractivity contribution in [3.8, 4) is 0 Å². The highest BCUT2D eigenvalue weighted by molar-refractivity contribution is 7.89. The number of imide groups is 1. The van der Waals surface area contributed by atoms with Gasteiger partial charge in [0.2, 0.25) is 15.9 Å². The van der Waals surface area contributed by atoms with Gasteiger partial charge in [-0.05, 0) is 12.1 Å². The van der Waals surface area contributed by atoms with E-state index in [9.17, 15) is 22.8 Å². The zero-order valence-corrected chi connectivity index (χ0v) is 16.2. The first-order valence-electron chi connectivity index (χ1n) is 7.91. The van der Waals surface area contributed by atoms with Gasteiger partial charge in [0.25, 0.3) is 5.91 Å². The summed E-state index contributed by atoms with van der Waals surface area (Å²) < 4.78 is 31.5. The van der Waals surface area contributed by atoms with Gasteiger partial charge in [-0.2, -0.15) is 0 Å². The molecule has 2 aliphatic rings. The predicted octanol–water partition coefficient (Wildman–Crippen LogP) is 0.851. The predicted molar refractivity (Wildman–Crippen MR) is 94.8 cm³/mol. The summed E-state index contributed by atoms with van der Waals surface area (Å²) in [5.41, 5.74) is 0. The van der Waals surface area contributed by atoms with Crippen LogP contribution in [0.3, 0.4) is 0 Å². The lowest BCUT2D eigenvalue weighted by Crippen LogP contribution is -2.62. The molecule has 0 spiro atoms. The third kappa shape index (κ3) is 4.03. The Bertz CT molecular complexity index is 865. The Kier molecular flexibility index (Phi) is 5.61. The van der Waals surface area contributed by atoms with Gasteiger partial charge in [-0.15, -0.1) is 0 Å². The van der Waals surface area contributed by atoms with E-state index in [-0.39, 0.29) is 53.5 Å². The second-order valence-corrected chi connectivity index (χ2v) is 8.49. The molecule has 12 heteroatoms. The lowest BCUT2D eigenvalue weighted by Gasteiger charge is -2.42. The fourth-order valence-electron chi connectivity index (χ4n) is 2.80. The minimum absolute atomic E-state index is 0.0194. The number of sulfonamides is 1. The molecule has 2 saturated heterocycles. The quantitative estimate of drug-likeness (QED) is 0.708. The first-order valence-corrected chi connectivity index (χ1v) is 10.1. The maximum absolute atomic E-state index is 12.3. The second-order valence-electron chi connectivity index (χ2n) is 5.97. The Morgan fingerprint density at radius 3 is 2.41 bits per heavy atom. The number of rotatable bonds is 6. The van der Waals surface area contributed by atoms with Gasteiger partial charge in [0.1, 0.15) is 4.90 Å². The van der Waals surface area contributed by atoms with Crippen molar-refractivity contribution in [2.75, 3.05) is 26.2 Å². The molecule has 0 bridgehead atoms. The lowest BCUT2D eigenvalue weighted by molar-refractivity contribution is -0.141. The highest BCUT2D eigenvalue weighted by Crippen LogP contribution is 2.28. The van der Waals surface area contributed by atoms with E-state index in [1.807, 2.05) is 0 Å². The molecule has 0 aromatic heterocycles. The average molecular weight is 436 g/mol. The number of carbonyl (C=O) groups excluding carboxylic acids is 3.